The molecule has 2 aromatic rings. The van der Waals surface area contributed by atoms with Crippen LogP contribution in [0.2, 0.25) is 0 Å². The molecule has 0 saturated carbocycles. The zero-order valence-corrected chi connectivity index (χ0v) is 13.1. The lowest BCUT2D eigenvalue weighted by molar-refractivity contribution is 0.321. The predicted octanol–water partition coefficient (Wildman–Crippen LogP) is 3.37. The highest BCUT2D eigenvalue weighted by atomic mass is 31.1. The molecule has 0 bridgehead atoms. The Labute approximate surface area is 118 Å². The number of benzene rings is 2. The largest absolute Gasteiger partial charge is 0.303 e. The summed E-state index contributed by atoms with van der Waals surface area (Å²) in [4.78, 5) is 2.24. The second-order valence-corrected chi connectivity index (χ2v) is 7.28. The topological polar surface area (TPSA) is 3.24 Å². The zero-order chi connectivity index (χ0) is 13.8. The first kappa shape index (κ1) is 14.2. The standard InChI is InChI=1S/C17H22NP/c1-14(18(2)3)15-10-12-17(13-11-15)19(4)16-8-6-5-7-9-16/h5-14H,1-4H3. The van der Waals surface area contributed by atoms with Gasteiger partial charge in [0.2, 0.25) is 0 Å². The van der Waals surface area contributed by atoms with Crippen molar-refractivity contribution in [3.05, 3.63) is 60.2 Å². The fourth-order valence-corrected chi connectivity index (χ4v) is 3.59. The minimum atomic E-state index is -0.231. The van der Waals surface area contributed by atoms with Crippen molar-refractivity contribution >= 4 is 18.5 Å². The molecule has 19 heavy (non-hydrogen) atoms. The molecular formula is C17H22NP. The van der Waals surface area contributed by atoms with E-state index < -0.39 is 0 Å². The van der Waals surface area contributed by atoms with Gasteiger partial charge in [-0.25, -0.2) is 0 Å². The lowest BCUT2D eigenvalue weighted by Gasteiger charge is -2.21. The Morgan fingerprint density at radius 3 is 1.89 bits per heavy atom. The first-order valence-corrected chi connectivity index (χ1v) is 8.43. The van der Waals surface area contributed by atoms with E-state index in [0.717, 1.165) is 0 Å². The lowest BCUT2D eigenvalue weighted by atomic mass is 10.1. The fraction of sp³-hybridized carbons (Fsp3) is 0.294. The summed E-state index contributed by atoms with van der Waals surface area (Å²) in [5, 5.41) is 2.88. The van der Waals surface area contributed by atoms with E-state index in [4.69, 9.17) is 0 Å². The molecular weight excluding hydrogens is 249 g/mol. The van der Waals surface area contributed by atoms with E-state index in [0.29, 0.717) is 6.04 Å². The van der Waals surface area contributed by atoms with E-state index in [1.54, 1.807) is 0 Å². The van der Waals surface area contributed by atoms with Crippen molar-refractivity contribution in [3.8, 4) is 0 Å². The van der Waals surface area contributed by atoms with Crippen molar-refractivity contribution in [1.29, 1.82) is 0 Å². The van der Waals surface area contributed by atoms with Crippen LogP contribution in [0.1, 0.15) is 18.5 Å². The first-order chi connectivity index (χ1) is 9.09. The number of nitrogens with zero attached hydrogens (tertiary/aromatic N) is 1. The van der Waals surface area contributed by atoms with Crippen LogP contribution in [0.25, 0.3) is 0 Å². The molecule has 0 radical (unpaired) electrons. The van der Waals surface area contributed by atoms with Gasteiger partial charge in [-0.2, -0.15) is 0 Å². The van der Waals surface area contributed by atoms with Crippen molar-refractivity contribution < 1.29 is 0 Å². The van der Waals surface area contributed by atoms with Crippen molar-refractivity contribution in [2.75, 3.05) is 20.8 Å². The molecule has 100 valence electrons. The Morgan fingerprint density at radius 1 is 0.842 bits per heavy atom. The van der Waals surface area contributed by atoms with Crippen LogP contribution in [0.15, 0.2) is 54.6 Å². The molecule has 0 amide bonds. The Morgan fingerprint density at radius 2 is 1.37 bits per heavy atom. The summed E-state index contributed by atoms with van der Waals surface area (Å²) >= 11 is 0. The van der Waals surface area contributed by atoms with Crippen LogP contribution >= 0.6 is 7.92 Å². The van der Waals surface area contributed by atoms with Crippen LogP contribution in [-0.4, -0.2) is 25.7 Å². The van der Waals surface area contributed by atoms with Gasteiger partial charge in [0.1, 0.15) is 0 Å². The van der Waals surface area contributed by atoms with Crippen LogP contribution in [0.4, 0.5) is 0 Å². The quantitative estimate of drug-likeness (QED) is 0.771. The monoisotopic (exact) mass is 271 g/mol. The maximum Gasteiger partial charge on any atom is 0.0313 e. The summed E-state index contributed by atoms with van der Waals surface area (Å²) in [5.74, 6) is 0. The Balaban J connectivity index is 2.19. The van der Waals surface area contributed by atoms with Crippen LogP contribution in [-0.2, 0) is 0 Å². The molecule has 0 fully saturated rings. The summed E-state index contributed by atoms with van der Waals surface area (Å²) in [6.45, 7) is 4.57. The van der Waals surface area contributed by atoms with Crippen LogP contribution in [0, 0.1) is 0 Å². The van der Waals surface area contributed by atoms with Gasteiger partial charge in [-0.1, -0.05) is 54.6 Å². The van der Waals surface area contributed by atoms with Crippen molar-refractivity contribution in [2.45, 2.75) is 13.0 Å². The third kappa shape index (κ3) is 3.43. The van der Waals surface area contributed by atoms with Gasteiger partial charge in [-0.15, -0.1) is 0 Å². The summed E-state index contributed by atoms with van der Waals surface area (Å²) in [6, 6.07) is 20.3. The number of hydrogen-bond acceptors (Lipinski definition) is 1. The van der Waals surface area contributed by atoms with Gasteiger partial charge < -0.3 is 4.90 Å². The van der Waals surface area contributed by atoms with Gasteiger partial charge in [0.25, 0.3) is 0 Å². The Hall–Kier alpha value is -1.17. The molecule has 2 unspecified atom stereocenters. The average molecular weight is 271 g/mol. The molecule has 2 heteroatoms. The molecule has 2 rings (SSSR count). The smallest absolute Gasteiger partial charge is 0.0313 e. The number of rotatable bonds is 4. The number of hydrogen-bond donors (Lipinski definition) is 0. The highest BCUT2D eigenvalue weighted by Crippen LogP contribution is 2.29. The molecule has 0 heterocycles. The fourth-order valence-electron chi connectivity index (χ4n) is 2.08. The Bertz CT molecular complexity index is 505. The summed E-state index contributed by atoms with van der Waals surface area (Å²) < 4.78 is 0. The van der Waals surface area contributed by atoms with Gasteiger partial charge in [-0.3, -0.25) is 0 Å². The van der Waals surface area contributed by atoms with E-state index in [9.17, 15) is 0 Å². The van der Waals surface area contributed by atoms with E-state index in [-0.39, 0.29) is 7.92 Å². The van der Waals surface area contributed by atoms with Crippen molar-refractivity contribution in [3.63, 3.8) is 0 Å². The third-order valence-corrected chi connectivity index (χ3v) is 5.83. The van der Waals surface area contributed by atoms with E-state index in [1.165, 1.54) is 16.2 Å². The molecule has 0 aromatic heterocycles. The summed E-state index contributed by atoms with van der Waals surface area (Å²) in [6.07, 6.45) is 0. The minimum absolute atomic E-state index is 0.231. The molecule has 2 atom stereocenters. The van der Waals surface area contributed by atoms with Crippen molar-refractivity contribution in [2.24, 2.45) is 0 Å². The summed E-state index contributed by atoms with van der Waals surface area (Å²) in [5.41, 5.74) is 1.38. The molecule has 0 N–H and O–H groups in total. The normalized spacial score (nSPS) is 14.4. The molecule has 0 spiro atoms. The molecule has 0 saturated heterocycles. The van der Waals surface area contributed by atoms with Crippen molar-refractivity contribution in [1.82, 2.24) is 4.90 Å². The maximum atomic E-state index is 2.33. The summed E-state index contributed by atoms with van der Waals surface area (Å²) in [7, 11) is 4.01. The molecule has 0 aliphatic heterocycles. The van der Waals surface area contributed by atoms with Gasteiger partial charge >= 0.3 is 0 Å². The Kier molecular flexibility index (Phi) is 4.74. The highest BCUT2D eigenvalue weighted by Gasteiger charge is 2.10. The molecule has 2 aromatic carbocycles. The van der Waals surface area contributed by atoms with E-state index in [1.807, 2.05) is 0 Å². The second kappa shape index (κ2) is 6.32. The zero-order valence-electron chi connectivity index (χ0n) is 12.2. The molecule has 1 nitrogen and oxygen atoms in total. The minimum Gasteiger partial charge on any atom is -0.303 e. The van der Waals surface area contributed by atoms with Gasteiger partial charge in [0.15, 0.2) is 0 Å². The molecule has 0 aliphatic carbocycles. The van der Waals surface area contributed by atoms with E-state index in [2.05, 4.69) is 87.2 Å². The van der Waals surface area contributed by atoms with Gasteiger partial charge in [-0.05, 0) is 51.8 Å². The third-order valence-electron chi connectivity index (χ3n) is 3.68. The van der Waals surface area contributed by atoms with Crippen LogP contribution in [0.5, 0.6) is 0 Å². The van der Waals surface area contributed by atoms with E-state index >= 15 is 0 Å². The maximum absolute atomic E-state index is 2.33. The second-order valence-electron chi connectivity index (χ2n) is 5.13. The predicted molar refractivity (Wildman–Crippen MR) is 87.1 cm³/mol. The van der Waals surface area contributed by atoms with Gasteiger partial charge in [0, 0.05) is 6.04 Å². The van der Waals surface area contributed by atoms with Crippen LogP contribution < -0.4 is 10.6 Å². The van der Waals surface area contributed by atoms with Crippen LogP contribution in [0.3, 0.4) is 0 Å². The van der Waals surface area contributed by atoms with Gasteiger partial charge in [0.05, 0.1) is 0 Å². The SMILES string of the molecule is CC(c1ccc(P(C)c2ccccc2)cc1)N(C)C. The average Bonchev–Trinajstić information content (AvgIpc) is 2.46. The lowest BCUT2D eigenvalue weighted by Crippen LogP contribution is -2.17. The molecule has 0 aliphatic rings. The first-order valence-electron chi connectivity index (χ1n) is 6.65. The highest BCUT2D eigenvalue weighted by molar-refractivity contribution is 7.72.